The number of anilines is 2. The molecule has 0 aliphatic carbocycles. The van der Waals surface area contributed by atoms with Crippen LogP contribution in [0.25, 0.3) is 11.1 Å². The van der Waals surface area contributed by atoms with Crippen LogP contribution in [-0.2, 0) is 17.5 Å². The third kappa shape index (κ3) is 5.15. The normalized spacial score (nSPS) is 13.1. The summed E-state index contributed by atoms with van der Waals surface area (Å²) in [5.74, 6) is 0.760. The summed E-state index contributed by atoms with van der Waals surface area (Å²) in [5, 5.41) is 1.45. The van der Waals surface area contributed by atoms with Crippen LogP contribution in [0, 0.1) is 0 Å². The first-order chi connectivity index (χ1) is 17.9. The number of halogens is 4. The van der Waals surface area contributed by atoms with Gasteiger partial charge < -0.3 is 9.64 Å². The van der Waals surface area contributed by atoms with Crippen molar-refractivity contribution in [3.05, 3.63) is 111 Å². The molecule has 0 saturated heterocycles. The zero-order valence-corrected chi connectivity index (χ0v) is 24.3. The summed E-state index contributed by atoms with van der Waals surface area (Å²) in [6.45, 7) is 0.803. The SMILES string of the molecule is COc1ccc(CN2Cc3c(-c4ccccc4Cl)cc(CI)cc3N(c3c(Cl)cccc3Cl)C2=O)cc1. The number of carbonyl (C=O) groups is 1. The van der Waals surface area contributed by atoms with Gasteiger partial charge in [0, 0.05) is 27.1 Å². The average molecular weight is 664 g/mol. The van der Waals surface area contributed by atoms with Crippen molar-refractivity contribution in [2.75, 3.05) is 12.0 Å². The molecular formula is C29H22Cl3IN2O2. The molecule has 1 aliphatic heterocycles. The number of fused-ring (bicyclic) bond motifs is 1. The van der Waals surface area contributed by atoms with E-state index in [0.717, 1.165) is 43.7 Å². The molecule has 0 N–H and O–H groups in total. The largest absolute Gasteiger partial charge is 0.497 e. The van der Waals surface area contributed by atoms with Crippen LogP contribution in [0.3, 0.4) is 0 Å². The van der Waals surface area contributed by atoms with Crippen molar-refractivity contribution in [3.63, 3.8) is 0 Å². The molecule has 0 aromatic heterocycles. The molecule has 37 heavy (non-hydrogen) atoms. The van der Waals surface area contributed by atoms with Crippen molar-refractivity contribution >= 4 is 74.8 Å². The predicted octanol–water partition coefficient (Wildman–Crippen LogP) is 9.53. The maximum absolute atomic E-state index is 14.1. The monoisotopic (exact) mass is 662 g/mol. The van der Waals surface area contributed by atoms with Crippen molar-refractivity contribution in [1.82, 2.24) is 4.90 Å². The van der Waals surface area contributed by atoms with Gasteiger partial charge in [0.15, 0.2) is 0 Å². The number of nitrogens with zero attached hydrogens (tertiary/aromatic N) is 2. The van der Waals surface area contributed by atoms with Gasteiger partial charge in [-0.1, -0.05) is 93.8 Å². The fourth-order valence-electron chi connectivity index (χ4n) is 4.57. The first-order valence-electron chi connectivity index (χ1n) is 11.5. The molecule has 1 heterocycles. The maximum atomic E-state index is 14.1. The Morgan fingerprint density at radius 3 is 2.16 bits per heavy atom. The molecule has 188 valence electrons. The minimum absolute atomic E-state index is 0.200. The zero-order chi connectivity index (χ0) is 26.1. The Labute approximate surface area is 244 Å². The van der Waals surface area contributed by atoms with Gasteiger partial charge in [0.2, 0.25) is 0 Å². The molecule has 1 aliphatic rings. The summed E-state index contributed by atoms with van der Waals surface area (Å²) in [7, 11) is 1.63. The van der Waals surface area contributed by atoms with Crippen LogP contribution < -0.4 is 9.64 Å². The van der Waals surface area contributed by atoms with Crippen LogP contribution in [0.15, 0.2) is 78.9 Å². The summed E-state index contributed by atoms with van der Waals surface area (Å²) in [6.07, 6.45) is 0. The number of hydrogen-bond acceptors (Lipinski definition) is 2. The molecule has 4 nitrogen and oxygen atoms in total. The second-order valence-corrected chi connectivity index (χ2v) is 10.6. The fourth-order valence-corrected chi connectivity index (χ4v) is 5.82. The second-order valence-electron chi connectivity index (χ2n) is 8.65. The molecule has 0 radical (unpaired) electrons. The van der Waals surface area contributed by atoms with Gasteiger partial charge in [-0.2, -0.15) is 0 Å². The fraction of sp³-hybridized carbons (Fsp3) is 0.138. The Bertz CT molecular complexity index is 1460. The number of urea groups is 1. The van der Waals surface area contributed by atoms with Crippen LogP contribution >= 0.6 is 57.4 Å². The highest BCUT2D eigenvalue weighted by molar-refractivity contribution is 14.1. The molecule has 0 atom stereocenters. The van der Waals surface area contributed by atoms with Crippen LogP contribution in [-0.4, -0.2) is 18.0 Å². The average Bonchev–Trinajstić information content (AvgIpc) is 2.90. The van der Waals surface area contributed by atoms with Crippen molar-refractivity contribution in [1.29, 1.82) is 0 Å². The molecule has 2 amide bonds. The van der Waals surface area contributed by atoms with E-state index in [0.29, 0.717) is 33.8 Å². The minimum atomic E-state index is -0.200. The highest BCUT2D eigenvalue weighted by Crippen LogP contribution is 2.46. The number of methoxy groups -OCH3 is 1. The van der Waals surface area contributed by atoms with Gasteiger partial charge in [-0.05, 0) is 59.2 Å². The Kier molecular flexibility index (Phi) is 7.86. The third-order valence-corrected chi connectivity index (χ3v) is 8.17. The summed E-state index contributed by atoms with van der Waals surface area (Å²) in [6, 6.07) is 24.7. The number of benzene rings is 4. The first kappa shape index (κ1) is 26.2. The Hall–Kier alpha value is -2.45. The number of para-hydroxylation sites is 1. The molecule has 8 heteroatoms. The van der Waals surface area contributed by atoms with Crippen LogP contribution in [0.5, 0.6) is 5.75 Å². The van der Waals surface area contributed by atoms with Crippen LogP contribution in [0.2, 0.25) is 15.1 Å². The second kappa shape index (κ2) is 11.1. The van der Waals surface area contributed by atoms with Gasteiger partial charge in [-0.25, -0.2) is 4.79 Å². The van der Waals surface area contributed by atoms with Gasteiger partial charge in [-0.3, -0.25) is 4.90 Å². The van der Waals surface area contributed by atoms with Gasteiger partial charge in [0.1, 0.15) is 5.75 Å². The lowest BCUT2D eigenvalue weighted by Crippen LogP contribution is -2.44. The van der Waals surface area contributed by atoms with Gasteiger partial charge in [0.05, 0.1) is 35.1 Å². The summed E-state index contributed by atoms with van der Waals surface area (Å²) in [5.41, 5.74) is 6.14. The van der Waals surface area contributed by atoms with Gasteiger partial charge >= 0.3 is 6.03 Å². The van der Waals surface area contributed by atoms with E-state index < -0.39 is 0 Å². The van der Waals surface area contributed by atoms with E-state index in [2.05, 4.69) is 28.7 Å². The molecule has 4 aromatic carbocycles. The lowest BCUT2D eigenvalue weighted by atomic mass is 9.93. The Morgan fingerprint density at radius 1 is 0.838 bits per heavy atom. The van der Waals surface area contributed by atoms with Crippen molar-refractivity contribution in [3.8, 4) is 16.9 Å². The molecule has 4 aromatic rings. The smallest absolute Gasteiger partial charge is 0.329 e. The lowest BCUT2D eigenvalue weighted by molar-refractivity contribution is 0.198. The summed E-state index contributed by atoms with van der Waals surface area (Å²) in [4.78, 5) is 17.6. The number of carbonyl (C=O) groups excluding carboxylic acids is 1. The van der Waals surface area contributed by atoms with E-state index in [-0.39, 0.29) is 6.03 Å². The highest BCUT2D eigenvalue weighted by Gasteiger charge is 2.36. The standard InChI is InChI=1S/C29H22Cl3IN2O2/c1-37-20-11-9-18(10-12-20)16-34-17-23-22(21-5-2-3-6-24(21)30)13-19(15-33)14-27(23)35(29(34)36)28-25(31)7-4-8-26(28)32/h2-14H,15-17H2,1H3. The quantitative estimate of drug-likeness (QED) is 0.152. The van der Waals surface area contributed by atoms with Crippen molar-refractivity contribution < 1.29 is 9.53 Å². The zero-order valence-electron chi connectivity index (χ0n) is 19.8. The lowest BCUT2D eigenvalue weighted by Gasteiger charge is -2.39. The molecule has 0 spiro atoms. The van der Waals surface area contributed by atoms with E-state index in [9.17, 15) is 4.79 Å². The topological polar surface area (TPSA) is 32.8 Å². The van der Waals surface area contributed by atoms with E-state index >= 15 is 0 Å². The number of ether oxygens (including phenoxy) is 1. The van der Waals surface area contributed by atoms with Crippen LogP contribution in [0.4, 0.5) is 16.2 Å². The summed E-state index contributed by atoms with van der Waals surface area (Å²) >= 11 is 22.3. The number of hydrogen-bond donors (Lipinski definition) is 0. The maximum Gasteiger partial charge on any atom is 0.329 e. The number of rotatable bonds is 6. The van der Waals surface area contributed by atoms with E-state index in [1.54, 1.807) is 35.1 Å². The Balaban J connectivity index is 1.72. The first-order valence-corrected chi connectivity index (χ1v) is 14.2. The molecule has 0 bridgehead atoms. The molecule has 0 fully saturated rings. The minimum Gasteiger partial charge on any atom is -0.497 e. The number of alkyl halides is 1. The van der Waals surface area contributed by atoms with Crippen LogP contribution in [0.1, 0.15) is 16.7 Å². The predicted molar refractivity (Wildman–Crippen MR) is 161 cm³/mol. The van der Waals surface area contributed by atoms with E-state index in [1.807, 2.05) is 54.6 Å². The van der Waals surface area contributed by atoms with E-state index in [4.69, 9.17) is 39.5 Å². The van der Waals surface area contributed by atoms with E-state index in [1.165, 1.54) is 0 Å². The van der Waals surface area contributed by atoms with Crippen molar-refractivity contribution in [2.24, 2.45) is 0 Å². The third-order valence-electron chi connectivity index (χ3n) is 6.35. The molecular weight excluding hydrogens is 642 g/mol. The summed E-state index contributed by atoms with van der Waals surface area (Å²) < 4.78 is 6.05. The molecule has 5 rings (SSSR count). The number of amides is 2. The van der Waals surface area contributed by atoms with Gasteiger partial charge in [-0.15, -0.1) is 0 Å². The Morgan fingerprint density at radius 2 is 1.51 bits per heavy atom. The molecule has 0 unspecified atom stereocenters. The van der Waals surface area contributed by atoms with Crippen molar-refractivity contribution in [2.45, 2.75) is 17.5 Å². The van der Waals surface area contributed by atoms with Gasteiger partial charge in [0.25, 0.3) is 0 Å². The molecule has 0 saturated carbocycles. The highest BCUT2D eigenvalue weighted by atomic mass is 127.